The van der Waals surface area contributed by atoms with E-state index in [0.29, 0.717) is 28.4 Å². The molecule has 2 atom stereocenters. The molecular formula is C28H32N6O5. The highest BCUT2D eigenvalue weighted by Gasteiger charge is 2.37. The summed E-state index contributed by atoms with van der Waals surface area (Å²) in [5.41, 5.74) is 38.6. The van der Waals surface area contributed by atoms with E-state index in [9.17, 15) is 15.3 Å². The molecule has 39 heavy (non-hydrogen) atoms. The predicted molar refractivity (Wildman–Crippen MR) is 153 cm³/mol. The van der Waals surface area contributed by atoms with Gasteiger partial charge in [-0.3, -0.25) is 0 Å². The average molecular weight is 533 g/mol. The van der Waals surface area contributed by atoms with Gasteiger partial charge in [0.15, 0.2) is 0 Å². The molecule has 4 aromatic rings. The van der Waals surface area contributed by atoms with Crippen molar-refractivity contribution in [3.8, 4) is 23.0 Å². The Labute approximate surface area is 225 Å². The maximum atomic E-state index is 11.5. The zero-order valence-electron chi connectivity index (χ0n) is 21.0. The van der Waals surface area contributed by atoms with Crippen molar-refractivity contribution in [2.75, 3.05) is 41.0 Å². The van der Waals surface area contributed by atoms with Gasteiger partial charge in [-0.25, -0.2) is 0 Å². The minimum atomic E-state index is -1.39. The number of aliphatic hydroxyl groups is 1. The minimum Gasteiger partial charge on any atom is -0.508 e. The molecular weight excluding hydrogens is 500 g/mol. The Morgan fingerprint density at radius 1 is 0.590 bits per heavy atom. The van der Waals surface area contributed by atoms with Gasteiger partial charge in [0, 0.05) is 46.0 Å². The van der Waals surface area contributed by atoms with Crippen LogP contribution in [-0.4, -0.2) is 34.1 Å². The Morgan fingerprint density at radius 2 is 1.03 bits per heavy atom. The summed E-state index contributed by atoms with van der Waals surface area (Å²) in [6.45, 7) is -0.316. The number of aromatic hydroxyl groups is 2. The van der Waals surface area contributed by atoms with Gasteiger partial charge in [-0.15, -0.1) is 0 Å². The minimum absolute atomic E-state index is 0.154. The summed E-state index contributed by atoms with van der Waals surface area (Å²) in [6, 6.07) is 18.3. The molecule has 0 bridgehead atoms. The molecule has 4 rings (SSSR count). The molecule has 0 aliphatic rings. The number of hydrogen-bond acceptors (Lipinski definition) is 11. The van der Waals surface area contributed by atoms with Crippen molar-refractivity contribution in [1.29, 1.82) is 0 Å². The maximum absolute atomic E-state index is 11.5. The standard InChI is InChI=1S/C28H32N6O5/c29-14-3-7-22(35)18(9-14)27(19-10-15(30)4-8-23(19)36)28(39-26-12-17(32)2-6-21(26)34)24(37)13-38-25-11-16(31)1-5-20(25)33/h1-12,24,27-28,35-37H,13,29-34H2. The molecule has 0 spiro atoms. The predicted octanol–water partition coefficient (Wildman–Crippen LogP) is 2.61. The highest BCUT2D eigenvalue weighted by molar-refractivity contribution is 5.62. The molecule has 0 radical (unpaired) electrons. The molecule has 2 unspecified atom stereocenters. The van der Waals surface area contributed by atoms with Crippen molar-refractivity contribution in [2.24, 2.45) is 0 Å². The lowest BCUT2D eigenvalue weighted by atomic mass is 9.82. The topological polar surface area (TPSA) is 235 Å². The SMILES string of the molecule is Nc1ccc(N)c(OCC(O)C(Oc2cc(N)ccc2N)C(c2cc(N)ccc2O)c2cc(N)ccc2O)c1. The van der Waals surface area contributed by atoms with E-state index < -0.39 is 18.1 Å². The lowest BCUT2D eigenvalue weighted by molar-refractivity contribution is -0.00155. The van der Waals surface area contributed by atoms with E-state index in [1.54, 1.807) is 24.3 Å². The second-order valence-corrected chi connectivity index (χ2v) is 9.17. The Morgan fingerprint density at radius 3 is 1.56 bits per heavy atom. The third-order valence-electron chi connectivity index (χ3n) is 6.23. The number of nitrogens with two attached hydrogens (primary N) is 6. The Bertz CT molecular complexity index is 1430. The van der Waals surface area contributed by atoms with Gasteiger partial charge in [0.25, 0.3) is 0 Å². The molecule has 0 fully saturated rings. The third kappa shape index (κ3) is 6.05. The molecule has 0 amide bonds. The zero-order valence-corrected chi connectivity index (χ0v) is 21.0. The highest BCUT2D eigenvalue weighted by atomic mass is 16.5. The molecule has 0 aliphatic carbocycles. The smallest absolute Gasteiger partial charge is 0.144 e. The van der Waals surface area contributed by atoms with Crippen LogP contribution < -0.4 is 43.9 Å². The number of ether oxygens (including phenoxy) is 2. The van der Waals surface area contributed by atoms with Crippen molar-refractivity contribution in [3.63, 3.8) is 0 Å². The van der Waals surface area contributed by atoms with Gasteiger partial charge in [-0.2, -0.15) is 0 Å². The van der Waals surface area contributed by atoms with E-state index in [1.807, 2.05) is 0 Å². The molecule has 0 aromatic heterocycles. The van der Waals surface area contributed by atoms with Crippen LogP contribution in [0, 0.1) is 0 Å². The first-order valence-corrected chi connectivity index (χ1v) is 12.0. The fourth-order valence-electron chi connectivity index (χ4n) is 4.28. The molecule has 0 saturated heterocycles. The summed E-state index contributed by atoms with van der Waals surface area (Å²) >= 11 is 0. The van der Waals surface area contributed by atoms with Gasteiger partial charge in [0.1, 0.15) is 41.8 Å². The number of anilines is 6. The summed E-state index contributed by atoms with van der Waals surface area (Å²) in [5, 5.41) is 33.3. The summed E-state index contributed by atoms with van der Waals surface area (Å²) in [4.78, 5) is 0. The van der Waals surface area contributed by atoms with E-state index in [1.165, 1.54) is 48.5 Å². The van der Waals surface area contributed by atoms with Crippen molar-refractivity contribution >= 4 is 34.1 Å². The molecule has 0 saturated carbocycles. The number of rotatable bonds is 9. The van der Waals surface area contributed by atoms with E-state index in [4.69, 9.17) is 43.9 Å². The number of phenols is 2. The molecule has 4 aromatic carbocycles. The van der Waals surface area contributed by atoms with Gasteiger partial charge in [0.2, 0.25) is 0 Å². The molecule has 11 heteroatoms. The molecule has 204 valence electrons. The van der Waals surface area contributed by atoms with Crippen molar-refractivity contribution in [3.05, 3.63) is 83.9 Å². The summed E-state index contributed by atoms with van der Waals surface area (Å²) in [5.74, 6) is -0.905. The number of nitrogen functional groups attached to an aromatic ring is 6. The van der Waals surface area contributed by atoms with Gasteiger partial charge < -0.3 is 59.2 Å². The maximum Gasteiger partial charge on any atom is 0.144 e. The van der Waals surface area contributed by atoms with Crippen LogP contribution in [0.15, 0.2) is 72.8 Å². The Hall–Kier alpha value is -5.16. The van der Waals surface area contributed by atoms with Crippen LogP contribution in [0.2, 0.25) is 0 Å². The van der Waals surface area contributed by atoms with E-state index >= 15 is 0 Å². The van der Waals surface area contributed by atoms with Crippen LogP contribution >= 0.6 is 0 Å². The second-order valence-electron chi connectivity index (χ2n) is 9.17. The average Bonchev–Trinajstić information content (AvgIpc) is 2.89. The van der Waals surface area contributed by atoms with Gasteiger partial charge in [-0.1, -0.05) is 0 Å². The van der Waals surface area contributed by atoms with Crippen LogP contribution in [0.4, 0.5) is 34.1 Å². The lowest BCUT2D eigenvalue weighted by Gasteiger charge is -2.33. The van der Waals surface area contributed by atoms with E-state index in [2.05, 4.69) is 0 Å². The summed E-state index contributed by atoms with van der Waals surface area (Å²) < 4.78 is 12.1. The van der Waals surface area contributed by atoms with Crippen LogP contribution in [0.1, 0.15) is 17.0 Å². The highest BCUT2D eigenvalue weighted by Crippen LogP contribution is 2.43. The molecule has 0 heterocycles. The normalized spacial score (nSPS) is 12.7. The number of aliphatic hydroxyl groups excluding tert-OH is 1. The third-order valence-corrected chi connectivity index (χ3v) is 6.23. The van der Waals surface area contributed by atoms with Crippen LogP contribution in [0.5, 0.6) is 23.0 Å². The lowest BCUT2D eigenvalue weighted by Crippen LogP contribution is -2.42. The van der Waals surface area contributed by atoms with Crippen molar-refractivity contribution in [1.82, 2.24) is 0 Å². The first kappa shape index (κ1) is 26.9. The second kappa shape index (κ2) is 11.1. The fraction of sp³-hybridized carbons (Fsp3) is 0.143. The zero-order chi connectivity index (χ0) is 28.3. The van der Waals surface area contributed by atoms with Crippen molar-refractivity contribution < 1.29 is 24.8 Å². The summed E-state index contributed by atoms with van der Waals surface area (Å²) in [7, 11) is 0. The van der Waals surface area contributed by atoms with Crippen LogP contribution in [-0.2, 0) is 0 Å². The van der Waals surface area contributed by atoms with Crippen LogP contribution in [0.3, 0.4) is 0 Å². The van der Waals surface area contributed by atoms with E-state index in [0.717, 1.165) is 0 Å². The summed E-state index contributed by atoms with van der Waals surface area (Å²) in [6.07, 6.45) is -2.62. The van der Waals surface area contributed by atoms with Crippen molar-refractivity contribution in [2.45, 2.75) is 18.1 Å². The number of phenolic OH excluding ortho intramolecular Hbond substituents is 2. The Balaban J connectivity index is 1.85. The number of hydrogen-bond donors (Lipinski definition) is 9. The molecule has 0 aliphatic heterocycles. The monoisotopic (exact) mass is 532 g/mol. The molecule has 11 nitrogen and oxygen atoms in total. The first-order valence-electron chi connectivity index (χ1n) is 12.0. The number of benzene rings is 4. The Kier molecular flexibility index (Phi) is 7.63. The van der Waals surface area contributed by atoms with E-state index in [-0.39, 0.29) is 46.4 Å². The van der Waals surface area contributed by atoms with Gasteiger partial charge in [-0.05, 0) is 60.7 Å². The largest absolute Gasteiger partial charge is 0.508 e. The fourth-order valence-corrected chi connectivity index (χ4v) is 4.28. The van der Waals surface area contributed by atoms with Gasteiger partial charge >= 0.3 is 0 Å². The molecule has 15 N–H and O–H groups in total. The quantitative estimate of drug-likeness (QED) is 0.112. The van der Waals surface area contributed by atoms with Gasteiger partial charge in [0.05, 0.1) is 17.3 Å². The first-order chi connectivity index (χ1) is 18.5. The van der Waals surface area contributed by atoms with Crippen LogP contribution in [0.25, 0.3) is 0 Å².